The van der Waals surface area contributed by atoms with Gasteiger partial charge in [-0.1, -0.05) is 26.3 Å². The summed E-state index contributed by atoms with van der Waals surface area (Å²) >= 11 is 1.66. The average Bonchev–Trinajstić information content (AvgIpc) is 3.19. The lowest BCUT2D eigenvalue weighted by atomic mass is 9.88. The molecular formula is C19H20O3S. The summed E-state index contributed by atoms with van der Waals surface area (Å²) in [5.74, 6) is -0.401. The van der Waals surface area contributed by atoms with Crippen molar-refractivity contribution >= 4 is 27.4 Å². The molecule has 3 nitrogen and oxygen atoms in total. The Labute approximate surface area is 139 Å². The van der Waals surface area contributed by atoms with E-state index < -0.39 is 5.97 Å². The molecule has 0 aliphatic heterocycles. The Balaban J connectivity index is 2.24. The summed E-state index contributed by atoms with van der Waals surface area (Å²) in [6.45, 7) is 4.42. The minimum atomic E-state index is -0.882. The highest BCUT2D eigenvalue weighted by Gasteiger charge is 2.21. The van der Waals surface area contributed by atoms with E-state index in [-0.39, 0.29) is 0 Å². The summed E-state index contributed by atoms with van der Waals surface area (Å²) in [4.78, 5) is 12.5. The lowest BCUT2D eigenvalue weighted by molar-refractivity contribution is 0.0697. The third kappa shape index (κ3) is 2.91. The lowest BCUT2D eigenvalue weighted by Gasteiger charge is -2.15. The van der Waals surface area contributed by atoms with E-state index in [2.05, 4.69) is 13.8 Å². The van der Waals surface area contributed by atoms with Gasteiger partial charge in [0, 0.05) is 15.1 Å². The number of carbonyl (C=O) groups is 1. The Morgan fingerprint density at radius 1 is 1.30 bits per heavy atom. The maximum Gasteiger partial charge on any atom is 0.335 e. The molecule has 0 bridgehead atoms. The normalized spacial score (nSPS) is 12.6. The number of thiophene rings is 1. The van der Waals surface area contributed by atoms with Crippen molar-refractivity contribution in [3.63, 3.8) is 0 Å². The number of carboxylic acid groups (broad SMARTS) is 1. The van der Waals surface area contributed by atoms with Crippen molar-refractivity contribution in [1.29, 1.82) is 0 Å². The third-order valence-electron chi connectivity index (χ3n) is 4.30. The van der Waals surface area contributed by atoms with E-state index >= 15 is 0 Å². The fourth-order valence-corrected chi connectivity index (χ4v) is 4.48. The van der Waals surface area contributed by atoms with Gasteiger partial charge in [-0.15, -0.1) is 11.3 Å². The largest absolute Gasteiger partial charge is 0.478 e. The topological polar surface area (TPSA) is 50.4 Å². The molecule has 0 aliphatic rings. The highest BCUT2D eigenvalue weighted by Crippen LogP contribution is 2.45. The zero-order valence-electron chi connectivity index (χ0n) is 13.3. The monoisotopic (exact) mass is 328 g/mol. The van der Waals surface area contributed by atoms with Crippen LogP contribution in [0.25, 0.3) is 20.5 Å². The number of hydrogen-bond donors (Lipinski definition) is 1. The van der Waals surface area contributed by atoms with Gasteiger partial charge in [0.2, 0.25) is 0 Å². The molecular weight excluding hydrogens is 308 g/mol. The van der Waals surface area contributed by atoms with Crippen molar-refractivity contribution in [1.82, 2.24) is 0 Å². The number of fused-ring (bicyclic) bond motifs is 1. The summed E-state index contributed by atoms with van der Waals surface area (Å²) < 4.78 is 6.30. The first-order chi connectivity index (χ1) is 11.2. The van der Waals surface area contributed by atoms with E-state index in [4.69, 9.17) is 4.42 Å². The Kier molecular flexibility index (Phi) is 4.53. The molecule has 0 spiro atoms. The van der Waals surface area contributed by atoms with Gasteiger partial charge < -0.3 is 9.52 Å². The third-order valence-corrected chi connectivity index (χ3v) is 5.51. The van der Waals surface area contributed by atoms with Gasteiger partial charge in [-0.3, -0.25) is 0 Å². The van der Waals surface area contributed by atoms with Gasteiger partial charge in [-0.2, -0.15) is 0 Å². The summed E-state index contributed by atoms with van der Waals surface area (Å²) in [6, 6.07) is 7.43. The van der Waals surface area contributed by atoms with E-state index in [1.807, 2.05) is 12.1 Å². The first kappa shape index (κ1) is 15.8. The Morgan fingerprint density at radius 2 is 2.13 bits per heavy atom. The minimum Gasteiger partial charge on any atom is -0.478 e. The quantitative estimate of drug-likeness (QED) is 0.590. The van der Waals surface area contributed by atoms with E-state index in [1.165, 1.54) is 15.8 Å². The number of hydrogen-bond acceptors (Lipinski definition) is 3. The zero-order chi connectivity index (χ0) is 16.4. The molecule has 1 unspecified atom stereocenters. The molecule has 0 fully saturated rings. The van der Waals surface area contributed by atoms with Gasteiger partial charge in [-0.25, -0.2) is 4.79 Å². The Hall–Kier alpha value is -2.07. The van der Waals surface area contributed by atoms with Gasteiger partial charge in [0.1, 0.15) is 0 Å². The van der Waals surface area contributed by atoms with Crippen LogP contribution >= 0.6 is 11.3 Å². The summed E-state index contributed by atoms with van der Waals surface area (Å²) in [5, 5.41) is 10.4. The van der Waals surface area contributed by atoms with Crippen molar-refractivity contribution in [2.75, 3.05) is 0 Å². The fraction of sp³-hybridized carbons (Fsp3) is 0.316. The molecule has 2 heterocycles. The number of furan rings is 1. The van der Waals surface area contributed by atoms with E-state index in [9.17, 15) is 9.90 Å². The zero-order valence-corrected chi connectivity index (χ0v) is 14.2. The molecule has 4 heteroatoms. The van der Waals surface area contributed by atoms with Gasteiger partial charge in [-0.05, 0) is 47.9 Å². The van der Waals surface area contributed by atoms with Crippen molar-refractivity contribution < 1.29 is 14.3 Å². The van der Waals surface area contributed by atoms with Crippen LogP contribution < -0.4 is 0 Å². The molecule has 23 heavy (non-hydrogen) atoms. The number of aromatic carboxylic acids is 1. The molecule has 1 atom stereocenters. The van der Waals surface area contributed by atoms with Crippen molar-refractivity contribution in [2.24, 2.45) is 0 Å². The van der Waals surface area contributed by atoms with Crippen LogP contribution in [-0.2, 0) is 0 Å². The van der Waals surface area contributed by atoms with Crippen LogP contribution in [-0.4, -0.2) is 11.1 Å². The molecule has 0 aliphatic carbocycles. The van der Waals surface area contributed by atoms with Gasteiger partial charge in [0.05, 0.1) is 18.1 Å². The van der Waals surface area contributed by atoms with Gasteiger partial charge >= 0.3 is 5.97 Å². The smallest absolute Gasteiger partial charge is 0.335 e. The minimum absolute atomic E-state index is 0.340. The highest BCUT2D eigenvalue weighted by molar-refractivity contribution is 7.22. The number of rotatable bonds is 6. The number of carboxylic acids is 1. The maximum atomic E-state index is 11.2. The fourth-order valence-electron chi connectivity index (χ4n) is 3.16. The second-order valence-corrected chi connectivity index (χ2v) is 6.82. The van der Waals surface area contributed by atoms with E-state index in [0.29, 0.717) is 11.5 Å². The predicted molar refractivity (Wildman–Crippen MR) is 94.4 cm³/mol. The lowest BCUT2D eigenvalue weighted by Crippen LogP contribution is -1.98. The van der Waals surface area contributed by atoms with Crippen LogP contribution in [0.5, 0.6) is 0 Å². The standard InChI is InChI=1S/C19H20O3S/c1-3-5-12(4-2)17-15-7-6-13(19(20)21)10-16(15)23-18(17)14-8-9-22-11-14/h6-12H,3-5H2,1-2H3,(H,20,21). The van der Waals surface area contributed by atoms with E-state index in [1.54, 1.807) is 36.0 Å². The average molecular weight is 328 g/mol. The Morgan fingerprint density at radius 3 is 2.74 bits per heavy atom. The SMILES string of the molecule is CCCC(CC)c1c(-c2ccoc2)sc2cc(C(=O)O)ccc12. The molecule has 120 valence electrons. The van der Waals surface area contributed by atoms with Gasteiger partial charge in [0.15, 0.2) is 0 Å². The Bertz CT molecular complexity index is 815. The van der Waals surface area contributed by atoms with Gasteiger partial charge in [0.25, 0.3) is 0 Å². The first-order valence-electron chi connectivity index (χ1n) is 7.98. The van der Waals surface area contributed by atoms with Crippen LogP contribution in [0, 0.1) is 0 Å². The highest BCUT2D eigenvalue weighted by atomic mass is 32.1. The van der Waals surface area contributed by atoms with Crippen LogP contribution in [0.2, 0.25) is 0 Å². The predicted octanol–water partition coefficient (Wildman–Crippen LogP) is 6.15. The summed E-state index contributed by atoms with van der Waals surface area (Å²) in [7, 11) is 0. The second-order valence-electron chi connectivity index (χ2n) is 5.77. The summed E-state index contributed by atoms with van der Waals surface area (Å²) in [6.07, 6.45) is 6.80. The molecule has 0 amide bonds. The maximum absolute atomic E-state index is 11.2. The molecule has 0 radical (unpaired) electrons. The van der Waals surface area contributed by atoms with Crippen LogP contribution in [0.4, 0.5) is 0 Å². The van der Waals surface area contributed by atoms with Crippen LogP contribution in [0.15, 0.2) is 41.2 Å². The molecule has 2 aromatic heterocycles. The molecule has 1 N–H and O–H groups in total. The molecule has 3 aromatic rings. The molecule has 1 aromatic carbocycles. The molecule has 0 saturated carbocycles. The van der Waals surface area contributed by atoms with Crippen LogP contribution in [0.1, 0.15) is 54.9 Å². The van der Waals surface area contributed by atoms with Crippen LogP contribution in [0.3, 0.4) is 0 Å². The van der Waals surface area contributed by atoms with Crippen molar-refractivity contribution in [3.8, 4) is 10.4 Å². The molecule has 0 saturated heterocycles. The van der Waals surface area contributed by atoms with E-state index in [0.717, 1.165) is 29.5 Å². The van der Waals surface area contributed by atoms with Crippen molar-refractivity contribution in [3.05, 3.63) is 47.9 Å². The number of benzene rings is 1. The summed E-state index contributed by atoms with van der Waals surface area (Å²) in [5.41, 5.74) is 2.76. The second kappa shape index (κ2) is 6.59. The van der Waals surface area contributed by atoms with Crippen molar-refractivity contribution in [2.45, 2.75) is 39.0 Å². The first-order valence-corrected chi connectivity index (χ1v) is 8.79. The molecule has 3 rings (SSSR count).